The van der Waals surface area contributed by atoms with Gasteiger partial charge in [0.15, 0.2) is 12.4 Å². The number of quaternary nitrogens is 1. The highest BCUT2D eigenvalue weighted by molar-refractivity contribution is 5.70. The summed E-state index contributed by atoms with van der Waals surface area (Å²) in [6.45, 7) is 4.68. The van der Waals surface area contributed by atoms with Crippen LogP contribution in [0.4, 0.5) is 0 Å². The number of unbranched alkanes of at least 4 members (excludes halogenated alkanes) is 35. The highest BCUT2D eigenvalue weighted by Gasteiger charge is 2.22. The van der Waals surface area contributed by atoms with Crippen LogP contribution in [0.3, 0.4) is 0 Å². The fraction of sp³-hybridized carbons (Fsp3) is 0.809. The summed E-state index contributed by atoms with van der Waals surface area (Å²) in [5.74, 6) is -2.26. The van der Waals surface area contributed by atoms with Crippen LogP contribution in [0, 0.1) is 0 Å². The summed E-state index contributed by atoms with van der Waals surface area (Å²) in [6.07, 6.45) is 72.8. The van der Waals surface area contributed by atoms with Crippen molar-refractivity contribution in [2.75, 3.05) is 47.5 Å². The zero-order chi connectivity index (χ0) is 56.2. The van der Waals surface area contributed by atoms with Gasteiger partial charge in [-0.3, -0.25) is 9.59 Å². The Hall–Kier alpha value is -3.01. The standard InChI is InChI=1S/C68H123NO8/c1-6-8-10-12-14-16-18-20-22-24-26-28-29-30-31-32-33-34-35-36-37-39-41-43-45-47-49-51-53-55-57-59-66(71)77-64(63-76-68(67(72)73)74-61-60-69(3,4)5)62-75-65(70)58-56-54-52-50-48-46-44-42-40-38-27-25-23-21-19-17-15-13-11-9-7-2/h8,10,14,16,20,22,26,28,30-31,64,68H,6-7,9,11-13,15,17-19,21,23-25,27,29,32-63H2,1-5H3/b10-8-,16-14-,22-20-,28-26-,31-30-. The molecule has 0 fully saturated rings. The monoisotopic (exact) mass is 1080 g/mol. The number of hydrogen-bond donors (Lipinski definition) is 0. The molecule has 77 heavy (non-hydrogen) atoms. The van der Waals surface area contributed by atoms with Crippen LogP contribution in [0.15, 0.2) is 60.8 Å². The van der Waals surface area contributed by atoms with Gasteiger partial charge in [0.2, 0.25) is 0 Å². The Morgan fingerprint density at radius 3 is 1.10 bits per heavy atom. The fourth-order valence-corrected chi connectivity index (χ4v) is 9.33. The lowest BCUT2D eigenvalue weighted by atomic mass is 10.0. The van der Waals surface area contributed by atoms with E-state index in [4.69, 9.17) is 18.9 Å². The van der Waals surface area contributed by atoms with Crippen molar-refractivity contribution >= 4 is 17.9 Å². The summed E-state index contributed by atoms with van der Waals surface area (Å²) in [7, 11) is 5.93. The minimum atomic E-state index is -1.62. The van der Waals surface area contributed by atoms with Gasteiger partial charge in [-0.25, -0.2) is 0 Å². The maximum atomic E-state index is 12.9. The van der Waals surface area contributed by atoms with Crippen molar-refractivity contribution in [3.63, 3.8) is 0 Å². The first kappa shape index (κ1) is 74.0. The number of hydrogen-bond acceptors (Lipinski definition) is 8. The first-order chi connectivity index (χ1) is 37.6. The maximum absolute atomic E-state index is 12.9. The van der Waals surface area contributed by atoms with Crippen LogP contribution in [0.1, 0.15) is 296 Å². The van der Waals surface area contributed by atoms with Gasteiger partial charge in [0.1, 0.15) is 13.2 Å². The lowest BCUT2D eigenvalue weighted by Crippen LogP contribution is -2.44. The molecule has 0 rings (SSSR count). The number of likely N-dealkylation sites (N-methyl/N-ethyl adjacent to an activating group) is 1. The van der Waals surface area contributed by atoms with Gasteiger partial charge in [0.25, 0.3) is 0 Å². The first-order valence-corrected chi connectivity index (χ1v) is 32.4. The maximum Gasteiger partial charge on any atom is 0.306 e. The van der Waals surface area contributed by atoms with E-state index >= 15 is 0 Å². The van der Waals surface area contributed by atoms with E-state index in [-0.39, 0.29) is 32.2 Å². The second-order valence-electron chi connectivity index (χ2n) is 23.0. The molecule has 0 radical (unpaired) electrons. The third-order valence-electron chi connectivity index (χ3n) is 14.3. The van der Waals surface area contributed by atoms with Crippen molar-refractivity contribution in [3.05, 3.63) is 60.8 Å². The SMILES string of the molecule is CC/C=C\C/C=C\C/C=C\C/C=C\C/C=C\CCCCCCCCCCCCCCCCCC(=O)OC(COC(=O)CCCCCCCCCCCCCCCCCCCCCCC)COC(OCC[N+](C)(C)C)C(=O)[O-]. The van der Waals surface area contributed by atoms with Gasteiger partial charge in [0, 0.05) is 12.8 Å². The number of carbonyl (C=O) groups is 3. The van der Waals surface area contributed by atoms with Crippen molar-refractivity contribution in [1.29, 1.82) is 0 Å². The molecule has 9 heteroatoms. The molecule has 0 saturated carbocycles. The van der Waals surface area contributed by atoms with Gasteiger partial charge in [-0.05, 0) is 57.8 Å². The van der Waals surface area contributed by atoms with Gasteiger partial charge in [-0.2, -0.15) is 0 Å². The quantitative estimate of drug-likeness (QED) is 0.0195. The van der Waals surface area contributed by atoms with Crippen molar-refractivity contribution in [1.82, 2.24) is 0 Å². The molecular formula is C68H123NO8. The van der Waals surface area contributed by atoms with Crippen LogP contribution in [-0.2, 0) is 33.3 Å². The van der Waals surface area contributed by atoms with Crippen molar-refractivity contribution in [3.8, 4) is 0 Å². The van der Waals surface area contributed by atoms with Gasteiger partial charge in [-0.1, -0.05) is 286 Å². The Kier molecular flexibility index (Phi) is 56.8. The van der Waals surface area contributed by atoms with Crippen molar-refractivity contribution in [2.45, 2.75) is 309 Å². The summed E-state index contributed by atoms with van der Waals surface area (Å²) in [4.78, 5) is 37.4. The average Bonchev–Trinajstić information content (AvgIpc) is 3.40. The molecule has 9 nitrogen and oxygen atoms in total. The van der Waals surface area contributed by atoms with Crippen LogP contribution in [0.2, 0.25) is 0 Å². The zero-order valence-corrected chi connectivity index (χ0v) is 51.1. The normalized spacial score (nSPS) is 13.1. The molecule has 0 aliphatic heterocycles. The van der Waals surface area contributed by atoms with Gasteiger partial charge >= 0.3 is 11.9 Å². The summed E-state index contributed by atoms with van der Waals surface area (Å²) in [6, 6.07) is 0. The topological polar surface area (TPSA) is 111 Å². The highest BCUT2D eigenvalue weighted by Crippen LogP contribution is 2.18. The summed E-state index contributed by atoms with van der Waals surface area (Å²) < 4.78 is 22.8. The lowest BCUT2D eigenvalue weighted by molar-refractivity contribution is -0.870. The van der Waals surface area contributed by atoms with Crippen LogP contribution < -0.4 is 5.11 Å². The fourth-order valence-electron chi connectivity index (χ4n) is 9.33. The Morgan fingerprint density at radius 1 is 0.403 bits per heavy atom. The van der Waals surface area contributed by atoms with E-state index in [9.17, 15) is 19.5 Å². The summed E-state index contributed by atoms with van der Waals surface area (Å²) in [5, 5.41) is 11.8. The largest absolute Gasteiger partial charge is 0.545 e. The molecule has 0 aromatic carbocycles. The molecule has 2 unspecified atom stereocenters. The summed E-state index contributed by atoms with van der Waals surface area (Å²) in [5.41, 5.74) is 0. The van der Waals surface area contributed by atoms with Crippen LogP contribution in [0.5, 0.6) is 0 Å². The third-order valence-corrected chi connectivity index (χ3v) is 14.3. The van der Waals surface area contributed by atoms with E-state index in [1.165, 1.54) is 199 Å². The molecule has 0 saturated heterocycles. The van der Waals surface area contributed by atoms with Crippen LogP contribution in [0.25, 0.3) is 0 Å². The molecule has 0 aliphatic carbocycles. The van der Waals surface area contributed by atoms with E-state index in [1.54, 1.807) is 0 Å². The number of allylic oxidation sites excluding steroid dienone is 10. The number of nitrogens with zero attached hydrogens (tertiary/aromatic N) is 1. The van der Waals surface area contributed by atoms with Gasteiger partial charge < -0.3 is 33.3 Å². The molecule has 0 aromatic heterocycles. The van der Waals surface area contributed by atoms with E-state index in [2.05, 4.69) is 74.6 Å². The predicted molar refractivity (Wildman–Crippen MR) is 325 cm³/mol. The highest BCUT2D eigenvalue weighted by atomic mass is 16.7. The molecule has 0 aliphatic rings. The second kappa shape index (κ2) is 59.1. The second-order valence-corrected chi connectivity index (χ2v) is 23.0. The number of aliphatic carboxylic acids is 1. The molecule has 0 spiro atoms. The van der Waals surface area contributed by atoms with Crippen molar-refractivity contribution in [2.24, 2.45) is 0 Å². The van der Waals surface area contributed by atoms with Gasteiger partial charge in [-0.15, -0.1) is 0 Å². The predicted octanol–water partition coefficient (Wildman–Crippen LogP) is 18.2. The van der Waals surface area contributed by atoms with E-state index in [0.717, 1.165) is 64.2 Å². The van der Waals surface area contributed by atoms with Gasteiger partial charge in [0.05, 0.1) is 40.3 Å². The van der Waals surface area contributed by atoms with E-state index in [1.807, 2.05) is 21.1 Å². The molecule has 0 bridgehead atoms. The number of carboxylic acids is 1. The van der Waals surface area contributed by atoms with Crippen LogP contribution in [-0.4, -0.2) is 82.3 Å². The summed E-state index contributed by atoms with van der Waals surface area (Å²) >= 11 is 0. The smallest absolute Gasteiger partial charge is 0.306 e. The Balaban J connectivity index is 4.13. The molecule has 0 N–H and O–H groups in total. The Labute approximate surface area is 475 Å². The molecule has 0 aromatic rings. The number of carboxylic acid groups (broad SMARTS) is 1. The number of esters is 2. The average molecular weight is 1080 g/mol. The third kappa shape index (κ3) is 60.5. The number of ether oxygens (including phenoxy) is 4. The minimum absolute atomic E-state index is 0.149. The molecule has 2 atom stereocenters. The van der Waals surface area contributed by atoms with Crippen molar-refractivity contribution < 1.29 is 42.9 Å². The lowest BCUT2D eigenvalue weighted by Gasteiger charge is -2.26. The Morgan fingerprint density at radius 2 is 0.740 bits per heavy atom. The number of rotatable bonds is 60. The minimum Gasteiger partial charge on any atom is -0.545 e. The molecule has 0 amide bonds. The molecular weight excluding hydrogens is 959 g/mol. The van der Waals surface area contributed by atoms with E-state index in [0.29, 0.717) is 23.9 Å². The van der Waals surface area contributed by atoms with Crippen LogP contribution >= 0.6 is 0 Å². The van der Waals surface area contributed by atoms with E-state index < -0.39 is 24.3 Å². The Bertz CT molecular complexity index is 1450. The molecule has 0 heterocycles. The molecule has 448 valence electrons. The first-order valence-electron chi connectivity index (χ1n) is 32.4. The number of carbonyl (C=O) groups excluding carboxylic acids is 3. The zero-order valence-electron chi connectivity index (χ0n) is 51.1.